The summed E-state index contributed by atoms with van der Waals surface area (Å²) in [6.45, 7) is 4.58. The fraction of sp³-hybridized carbons (Fsp3) is 0.833. The zero-order valence-electron chi connectivity index (χ0n) is 11.7. The van der Waals surface area contributed by atoms with Gasteiger partial charge in [0.25, 0.3) is 6.04 Å². The number of nitrogens with zero attached hydrogens (tertiary/aromatic N) is 1. The Kier molecular flexibility index (Phi) is 5.87. The van der Waals surface area contributed by atoms with E-state index in [4.69, 9.17) is 14.2 Å². The third-order valence-corrected chi connectivity index (χ3v) is 3.03. The molecule has 8 heteroatoms. The van der Waals surface area contributed by atoms with Crippen molar-refractivity contribution in [1.29, 1.82) is 0 Å². The van der Waals surface area contributed by atoms with Crippen molar-refractivity contribution in [3.8, 4) is 0 Å². The number of rotatable bonds is 5. The van der Waals surface area contributed by atoms with Crippen molar-refractivity contribution in [2.75, 3.05) is 6.61 Å². The molecule has 1 rings (SSSR count). The van der Waals surface area contributed by atoms with Gasteiger partial charge in [-0.1, -0.05) is 0 Å². The molecule has 8 nitrogen and oxygen atoms in total. The van der Waals surface area contributed by atoms with Crippen LogP contribution in [0.15, 0.2) is 0 Å². The van der Waals surface area contributed by atoms with E-state index in [1.165, 1.54) is 13.8 Å². The molecular weight excluding hydrogens is 270 g/mol. The van der Waals surface area contributed by atoms with Crippen LogP contribution >= 0.6 is 0 Å². The highest BCUT2D eigenvalue weighted by Gasteiger charge is 2.49. The van der Waals surface area contributed by atoms with E-state index in [9.17, 15) is 19.7 Å². The Labute approximate surface area is 116 Å². The van der Waals surface area contributed by atoms with Crippen LogP contribution in [0.2, 0.25) is 0 Å². The maximum atomic E-state index is 11.2. The standard InChI is InChI=1S/C12H19NO7/c1-4-18-9-5-10(19-7(2)14)12(13(16)17)11(6-9)20-8(3)15/h9-12H,4-6H2,1-3H3. The predicted molar refractivity (Wildman–Crippen MR) is 66.5 cm³/mol. The molecule has 114 valence electrons. The summed E-state index contributed by atoms with van der Waals surface area (Å²) in [6, 6.07) is -1.26. The summed E-state index contributed by atoms with van der Waals surface area (Å²) < 4.78 is 15.4. The molecule has 2 atom stereocenters. The molecule has 1 aliphatic carbocycles. The Hall–Kier alpha value is -1.70. The van der Waals surface area contributed by atoms with Crippen LogP contribution in [0.4, 0.5) is 0 Å². The Morgan fingerprint density at radius 3 is 1.90 bits per heavy atom. The molecule has 0 aromatic carbocycles. The summed E-state index contributed by atoms with van der Waals surface area (Å²) in [7, 11) is 0. The molecule has 0 saturated heterocycles. The quantitative estimate of drug-likeness (QED) is 0.416. The molecule has 1 aliphatic rings. The molecule has 2 unspecified atom stereocenters. The van der Waals surface area contributed by atoms with E-state index in [1.54, 1.807) is 6.92 Å². The van der Waals surface area contributed by atoms with Crippen molar-refractivity contribution in [3.63, 3.8) is 0 Å². The van der Waals surface area contributed by atoms with Gasteiger partial charge in [0.1, 0.15) is 0 Å². The van der Waals surface area contributed by atoms with Gasteiger partial charge in [-0.25, -0.2) is 0 Å². The fourth-order valence-corrected chi connectivity index (χ4v) is 2.44. The first kappa shape index (κ1) is 16.4. The van der Waals surface area contributed by atoms with Gasteiger partial charge in [0.2, 0.25) is 0 Å². The lowest BCUT2D eigenvalue weighted by Crippen LogP contribution is -2.54. The first-order valence-electron chi connectivity index (χ1n) is 6.44. The van der Waals surface area contributed by atoms with Crippen molar-refractivity contribution >= 4 is 11.9 Å². The van der Waals surface area contributed by atoms with Gasteiger partial charge in [0, 0.05) is 38.2 Å². The average molecular weight is 289 g/mol. The molecule has 20 heavy (non-hydrogen) atoms. The minimum Gasteiger partial charge on any atom is -0.455 e. The molecule has 0 N–H and O–H groups in total. The van der Waals surface area contributed by atoms with E-state index in [2.05, 4.69) is 0 Å². The number of hydrogen-bond donors (Lipinski definition) is 0. The summed E-state index contributed by atoms with van der Waals surface area (Å²) in [5.41, 5.74) is 0. The summed E-state index contributed by atoms with van der Waals surface area (Å²) >= 11 is 0. The maximum absolute atomic E-state index is 11.2. The average Bonchev–Trinajstić information content (AvgIpc) is 2.26. The highest BCUT2D eigenvalue weighted by atomic mass is 16.6. The van der Waals surface area contributed by atoms with Gasteiger partial charge in [0.15, 0.2) is 12.2 Å². The number of nitro groups is 1. The second kappa shape index (κ2) is 7.18. The molecule has 0 radical (unpaired) electrons. The van der Waals surface area contributed by atoms with E-state index in [0.29, 0.717) is 6.61 Å². The fourth-order valence-electron chi connectivity index (χ4n) is 2.44. The van der Waals surface area contributed by atoms with Gasteiger partial charge >= 0.3 is 11.9 Å². The van der Waals surface area contributed by atoms with Gasteiger partial charge in [-0.05, 0) is 6.92 Å². The third kappa shape index (κ3) is 4.44. The Morgan fingerprint density at radius 1 is 1.15 bits per heavy atom. The van der Waals surface area contributed by atoms with Crippen molar-refractivity contribution in [2.24, 2.45) is 0 Å². The molecule has 1 fully saturated rings. The topological polar surface area (TPSA) is 105 Å². The largest absolute Gasteiger partial charge is 0.455 e. The minimum atomic E-state index is -1.26. The molecule has 0 aliphatic heterocycles. The number of hydrogen-bond acceptors (Lipinski definition) is 7. The van der Waals surface area contributed by atoms with Gasteiger partial charge in [-0.15, -0.1) is 0 Å². The highest BCUT2D eigenvalue weighted by Crippen LogP contribution is 2.28. The van der Waals surface area contributed by atoms with Crippen molar-refractivity contribution < 1.29 is 28.7 Å². The second-order valence-corrected chi connectivity index (χ2v) is 4.62. The lowest BCUT2D eigenvalue weighted by molar-refractivity contribution is -0.549. The Bertz CT molecular complexity index is 358. The van der Waals surface area contributed by atoms with Crippen molar-refractivity contribution in [1.82, 2.24) is 0 Å². The summed E-state index contributed by atoms with van der Waals surface area (Å²) in [6.07, 6.45) is -1.83. The molecule has 0 spiro atoms. The molecule has 0 heterocycles. The van der Waals surface area contributed by atoms with Gasteiger partial charge in [0.05, 0.1) is 6.10 Å². The maximum Gasteiger partial charge on any atom is 0.303 e. The molecule has 0 amide bonds. The summed E-state index contributed by atoms with van der Waals surface area (Å²) in [4.78, 5) is 32.8. The summed E-state index contributed by atoms with van der Waals surface area (Å²) in [5, 5.41) is 11.2. The monoisotopic (exact) mass is 289 g/mol. The zero-order valence-corrected chi connectivity index (χ0v) is 11.7. The predicted octanol–water partition coefficient (Wildman–Crippen LogP) is 0.694. The number of esters is 2. The van der Waals surface area contributed by atoms with Crippen LogP contribution in [-0.2, 0) is 23.8 Å². The smallest absolute Gasteiger partial charge is 0.303 e. The van der Waals surface area contributed by atoms with E-state index in [1.807, 2.05) is 0 Å². The molecule has 0 aromatic rings. The highest BCUT2D eigenvalue weighted by molar-refractivity contribution is 5.67. The van der Waals surface area contributed by atoms with Crippen molar-refractivity contribution in [2.45, 2.75) is 58.0 Å². The number of carbonyl (C=O) groups is 2. The van der Waals surface area contributed by atoms with Crippen LogP contribution in [0, 0.1) is 10.1 Å². The lowest BCUT2D eigenvalue weighted by Gasteiger charge is -2.35. The van der Waals surface area contributed by atoms with Crippen LogP contribution in [-0.4, -0.2) is 47.8 Å². The van der Waals surface area contributed by atoms with Crippen LogP contribution in [0.5, 0.6) is 0 Å². The third-order valence-electron chi connectivity index (χ3n) is 3.03. The Morgan fingerprint density at radius 2 is 1.60 bits per heavy atom. The first-order chi connectivity index (χ1) is 9.35. The minimum absolute atomic E-state index is 0.219. The van der Waals surface area contributed by atoms with Gasteiger partial charge in [-0.3, -0.25) is 19.7 Å². The number of carbonyl (C=O) groups excluding carboxylic acids is 2. The molecule has 0 bridgehead atoms. The van der Waals surface area contributed by atoms with Gasteiger partial charge < -0.3 is 14.2 Å². The van der Waals surface area contributed by atoms with Gasteiger partial charge in [-0.2, -0.15) is 0 Å². The summed E-state index contributed by atoms with van der Waals surface area (Å²) in [5.74, 6) is -1.22. The van der Waals surface area contributed by atoms with Crippen LogP contribution in [0.25, 0.3) is 0 Å². The van der Waals surface area contributed by atoms with Crippen molar-refractivity contribution in [3.05, 3.63) is 10.1 Å². The SMILES string of the molecule is CCOC1CC(OC(C)=O)C([N+](=O)[O-])C(OC(C)=O)C1. The van der Waals surface area contributed by atoms with Crippen LogP contribution < -0.4 is 0 Å². The molecular formula is C12H19NO7. The van der Waals surface area contributed by atoms with E-state index in [-0.39, 0.29) is 18.9 Å². The second-order valence-electron chi connectivity index (χ2n) is 4.62. The molecule has 0 aromatic heterocycles. The van der Waals surface area contributed by atoms with E-state index in [0.717, 1.165) is 0 Å². The van der Waals surface area contributed by atoms with E-state index < -0.39 is 35.1 Å². The van der Waals surface area contributed by atoms with E-state index >= 15 is 0 Å². The number of ether oxygens (including phenoxy) is 3. The normalized spacial score (nSPS) is 29.6. The first-order valence-corrected chi connectivity index (χ1v) is 6.44. The Balaban J connectivity index is 2.93. The van der Waals surface area contributed by atoms with Crippen LogP contribution in [0.1, 0.15) is 33.6 Å². The zero-order chi connectivity index (χ0) is 15.3. The molecule has 1 saturated carbocycles. The van der Waals surface area contributed by atoms with Crippen LogP contribution in [0.3, 0.4) is 0 Å². The lowest BCUT2D eigenvalue weighted by atomic mass is 9.87.